The van der Waals surface area contributed by atoms with Gasteiger partial charge in [0.05, 0.1) is 12.1 Å². The van der Waals surface area contributed by atoms with E-state index >= 15 is 0 Å². The minimum Gasteiger partial charge on any atom is -0.394 e. The summed E-state index contributed by atoms with van der Waals surface area (Å²) in [7, 11) is 0. The van der Waals surface area contributed by atoms with Gasteiger partial charge in [-0.15, -0.1) is 0 Å². The lowest BCUT2D eigenvalue weighted by Gasteiger charge is -2.41. The van der Waals surface area contributed by atoms with Gasteiger partial charge in [0, 0.05) is 0 Å². The molecule has 20 heavy (non-hydrogen) atoms. The second-order valence-corrected chi connectivity index (χ2v) is 5.85. The van der Waals surface area contributed by atoms with Gasteiger partial charge in [-0.2, -0.15) is 0 Å². The molecule has 0 radical (unpaired) electrons. The fourth-order valence-corrected chi connectivity index (χ4v) is 2.54. The largest absolute Gasteiger partial charge is 0.394 e. The monoisotopic (exact) mass is 283 g/mol. The van der Waals surface area contributed by atoms with Gasteiger partial charge in [-0.3, -0.25) is 14.5 Å². The number of rotatable bonds is 5. The van der Waals surface area contributed by atoms with Crippen LogP contribution in [-0.4, -0.2) is 52.1 Å². The average Bonchev–Trinajstić information content (AvgIpc) is 2.58. The maximum absolute atomic E-state index is 12.1. The van der Waals surface area contributed by atoms with E-state index in [1.165, 1.54) is 0 Å². The number of hydrogen-bond donors (Lipinski definition) is 3. The van der Waals surface area contributed by atoms with Crippen molar-refractivity contribution in [1.29, 1.82) is 0 Å². The molecule has 3 N–H and O–H groups in total. The molecule has 7 nitrogen and oxygen atoms in total. The summed E-state index contributed by atoms with van der Waals surface area (Å²) in [5.41, 5.74) is -1.49. The van der Waals surface area contributed by atoms with Gasteiger partial charge < -0.3 is 15.7 Å². The SMILES string of the molecule is CCC1(C)NC(=O)N(CC(=O)NC2(CO)CCC2)C1=O. The third kappa shape index (κ3) is 2.37. The lowest BCUT2D eigenvalue weighted by Crippen LogP contribution is -2.58. The zero-order valence-electron chi connectivity index (χ0n) is 11.9. The lowest BCUT2D eigenvalue weighted by atomic mass is 9.77. The number of carbonyl (C=O) groups is 3. The molecule has 1 heterocycles. The summed E-state index contributed by atoms with van der Waals surface area (Å²) < 4.78 is 0. The Labute approximate surface area is 117 Å². The normalized spacial score (nSPS) is 28.1. The number of imide groups is 1. The highest BCUT2D eigenvalue weighted by atomic mass is 16.3. The van der Waals surface area contributed by atoms with Gasteiger partial charge in [-0.25, -0.2) is 4.79 Å². The Morgan fingerprint density at radius 1 is 1.45 bits per heavy atom. The molecular formula is C13H21N3O4. The summed E-state index contributed by atoms with van der Waals surface area (Å²) in [5, 5.41) is 14.6. The van der Waals surface area contributed by atoms with Crippen molar-refractivity contribution >= 4 is 17.8 Å². The fraction of sp³-hybridized carbons (Fsp3) is 0.769. The van der Waals surface area contributed by atoms with Gasteiger partial charge in [-0.1, -0.05) is 6.92 Å². The third-order valence-electron chi connectivity index (χ3n) is 4.37. The Hall–Kier alpha value is -1.63. The molecule has 112 valence electrons. The van der Waals surface area contributed by atoms with Crippen LogP contribution in [0, 0.1) is 0 Å². The fourth-order valence-electron chi connectivity index (χ4n) is 2.54. The Morgan fingerprint density at radius 3 is 2.50 bits per heavy atom. The first-order valence-electron chi connectivity index (χ1n) is 6.92. The molecule has 0 bridgehead atoms. The number of aliphatic hydroxyl groups excluding tert-OH is 1. The van der Waals surface area contributed by atoms with E-state index in [0.29, 0.717) is 6.42 Å². The number of amides is 4. The van der Waals surface area contributed by atoms with Gasteiger partial charge in [0.1, 0.15) is 12.1 Å². The standard InChI is InChI=1S/C13H21N3O4/c1-3-12(2)10(19)16(11(20)15-12)7-9(18)14-13(8-17)5-4-6-13/h17H,3-8H2,1-2H3,(H,14,18)(H,15,20). The number of urea groups is 1. The summed E-state index contributed by atoms with van der Waals surface area (Å²) >= 11 is 0. The summed E-state index contributed by atoms with van der Waals surface area (Å²) in [5.74, 6) is -0.797. The molecule has 2 aliphatic rings. The number of hydrogen-bond acceptors (Lipinski definition) is 4. The van der Waals surface area contributed by atoms with E-state index in [9.17, 15) is 19.5 Å². The molecule has 1 saturated carbocycles. The van der Waals surface area contributed by atoms with Crippen molar-refractivity contribution < 1.29 is 19.5 Å². The number of carbonyl (C=O) groups excluding carboxylic acids is 3. The van der Waals surface area contributed by atoms with Crippen molar-refractivity contribution in [3.63, 3.8) is 0 Å². The molecule has 0 aromatic heterocycles. The third-order valence-corrected chi connectivity index (χ3v) is 4.37. The van der Waals surface area contributed by atoms with Crippen LogP contribution in [0.3, 0.4) is 0 Å². The quantitative estimate of drug-likeness (QED) is 0.605. The maximum atomic E-state index is 12.1. The Morgan fingerprint density at radius 2 is 2.10 bits per heavy atom. The van der Waals surface area contributed by atoms with Crippen molar-refractivity contribution in [3.8, 4) is 0 Å². The first-order chi connectivity index (χ1) is 9.36. The van der Waals surface area contributed by atoms with Gasteiger partial charge in [0.15, 0.2) is 0 Å². The molecule has 2 rings (SSSR count). The van der Waals surface area contributed by atoms with Crippen LogP contribution >= 0.6 is 0 Å². The zero-order valence-corrected chi connectivity index (χ0v) is 11.9. The molecular weight excluding hydrogens is 262 g/mol. The molecule has 1 unspecified atom stereocenters. The molecule has 4 amide bonds. The highest BCUT2D eigenvalue weighted by Gasteiger charge is 2.47. The van der Waals surface area contributed by atoms with Gasteiger partial charge >= 0.3 is 6.03 Å². The van der Waals surface area contributed by atoms with E-state index in [1.54, 1.807) is 13.8 Å². The van der Waals surface area contributed by atoms with E-state index in [1.807, 2.05) is 0 Å². The predicted octanol–water partition coefficient (Wildman–Crippen LogP) is -0.262. The number of nitrogens with zero attached hydrogens (tertiary/aromatic N) is 1. The highest BCUT2D eigenvalue weighted by molar-refractivity contribution is 6.08. The average molecular weight is 283 g/mol. The van der Waals surface area contributed by atoms with Crippen LogP contribution < -0.4 is 10.6 Å². The highest BCUT2D eigenvalue weighted by Crippen LogP contribution is 2.31. The molecule has 7 heteroatoms. The number of aliphatic hydroxyl groups is 1. The Balaban J connectivity index is 1.98. The summed E-state index contributed by atoms with van der Waals surface area (Å²) in [6, 6.07) is -0.541. The minimum absolute atomic E-state index is 0.119. The lowest BCUT2D eigenvalue weighted by molar-refractivity contribution is -0.135. The predicted molar refractivity (Wildman–Crippen MR) is 70.8 cm³/mol. The van der Waals surface area contributed by atoms with Crippen molar-refractivity contribution in [3.05, 3.63) is 0 Å². The number of nitrogens with one attached hydrogen (secondary N) is 2. The molecule has 0 spiro atoms. The first-order valence-corrected chi connectivity index (χ1v) is 6.92. The molecule has 0 aromatic rings. The molecule has 1 saturated heterocycles. The topological polar surface area (TPSA) is 98.7 Å². The van der Waals surface area contributed by atoms with Crippen LogP contribution in [0.25, 0.3) is 0 Å². The van der Waals surface area contributed by atoms with E-state index < -0.39 is 23.0 Å². The van der Waals surface area contributed by atoms with Crippen LogP contribution in [0.15, 0.2) is 0 Å². The smallest absolute Gasteiger partial charge is 0.325 e. The molecule has 2 fully saturated rings. The zero-order chi connectivity index (χ0) is 15.0. The summed E-state index contributed by atoms with van der Waals surface area (Å²) in [4.78, 5) is 36.8. The van der Waals surface area contributed by atoms with E-state index in [-0.39, 0.29) is 19.1 Å². The minimum atomic E-state index is -0.928. The molecule has 0 aromatic carbocycles. The van der Waals surface area contributed by atoms with Crippen LogP contribution in [0.2, 0.25) is 0 Å². The van der Waals surface area contributed by atoms with Crippen molar-refractivity contribution in [2.24, 2.45) is 0 Å². The summed E-state index contributed by atoms with van der Waals surface area (Å²) in [6.07, 6.45) is 2.87. The summed E-state index contributed by atoms with van der Waals surface area (Å²) in [6.45, 7) is 3.02. The van der Waals surface area contributed by atoms with E-state index in [2.05, 4.69) is 10.6 Å². The van der Waals surface area contributed by atoms with Crippen molar-refractivity contribution in [2.75, 3.05) is 13.2 Å². The molecule has 1 aliphatic heterocycles. The van der Waals surface area contributed by atoms with Gasteiger partial charge in [0.25, 0.3) is 5.91 Å². The second kappa shape index (κ2) is 5.05. The maximum Gasteiger partial charge on any atom is 0.325 e. The van der Waals surface area contributed by atoms with Gasteiger partial charge in [0.2, 0.25) is 5.91 Å². The van der Waals surface area contributed by atoms with Crippen LogP contribution in [0.1, 0.15) is 39.5 Å². The molecule has 1 aliphatic carbocycles. The first kappa shape index (κ1) is 14.8. The van der Waals surface area contributed by atoms with Crippen LogP contribution in [0.4, 0.5) is 4.79 Å². The van der Waals surface area contributed by atoms with Crippen LogP contribution in [0.5, 0.6) is 0 Å². The van der Waals surface area contributed by atoms with Crippen molar-refractivity contribution in [1.82, 2.24) is 15.5 Å². The Kier molecular flexibility index (Phi) is 3.73. The Bertz CT molecular complexity index is 441. The van der Waals surface area contributed by atoms with Crippen molar-refractivity contribution in [2.45, 2.75) is 50.6 Å². The second-order valence-electron chi connectivity index (χ2n) is 5.85. The van der Waals surface area contributed by atoms with Crippen LogP contribution in [-0.2, 0) is 9.59 Å². The molecule has 1 atom stereocenters. The van der Waals surface area contributed by atoms with E-state index in [4.69, 9.17) is 0 Å². The van der Waals surface area contributed by atoms with Gasteiger partial charge in [-0.05, 0) is 32.6 Å². The van der Waals surface area contributed by atoms with E-state index in [0.717, 1.165) is 24.2 Å².